The summed E-state index contributed by atoms with van der Waals surface area (Å²) >= 11 is 3.11. The zero-order valence-electron chi connectivity index (χ0n) is 14.0. The number of aromatic nitrogens is 2. The highest BCUT2D eigenvalue weighted by molar-refractivity contribution is 8.07. The van der Waals surface area contributed by atoms with Crippen molar-refractivity contribution in [2.45, 2.75) is 19.3 Å². The van der Waals surface area contributed by atoms with E-state index in [1.54, 1.807) is 35.6 Å². The fourth-order valence-corrected chi connectivity index (χ4v) is 5.02. The zero-order chi connectivity index (χ0) is 18.3. The van der Waals surface area contributed by atoms with E-state index in [4.69, 9.17) is 10.1 Å². The van der Waals surface area contributed by atoms with Gasteiger partial charge >= 0.3 is 5.97 Å². The number of nitrogens with one attached hydrogen (secondary N) is 1. The molecule has 3 aromatic rings. The predicted molar refractivity (Wildman–Crippen MR) is 107 cm³/mol. The number of rotatable bonds is 4. The Morgan fingerprint density at radius 2 is 2.08 bits per heavy atom. The van der Waals surface area contributed by atoms with Crippen LogP contribution in [0.25, 0.3) is 21.2 Å². The lowest BCUT2D eigenvalue weighted by molar-refractivity contribution is 0.0697. The summed E-state index contributed by atoms with van der Waals surface area (Å²) in [6.07, 6.45) is 6.94. The first-order valence-electron chi connectivity index (χ1n) is 8.21. The molecule has 2 N–H and O–H groups in total. The number of carbonyl (C=O) groups is 1. The lowest BCUT2D eigenvalue weighted by Gasteiger charge is -2.05. The van der Waals surface area contributed by atoms with E-state index in [0.717, 1.165) is 39.9 Å². The molecule has 0 aliphatic heterocycles. The van der Waals surface area contributed by atoms with Crippen LogP contribution in [-0.2, 0) is 12.8 Å². The number of hydrogen-bond acceptors (Lipinski definition) is 5. The van der Waals surface area contributed by atoms with Crippen LogP contribution in [0, 0.1) is 0 Å². The summed E-state index contributed by atoms with van der Waals surface area (Å²) in [7, 11) is 0. The van der Waals surface area contributed by atoms with Crippen LogP contribution in [0.15, 0.2) is 29.1 Å². The number of aromatic amines is 1. The molecule has 1 aromatic carbocycles. The molecular weight excluding hydrogens is 368 g/mol. The summed E-state index contributed by atoms with van der Waals surface area (Å²) in [4.78, 5) is 34.1. The van der Waals surface area contributed by atoms with E-state index in [0.29, 0.717) is 5.82 Å². The molecule has 0 fully saturated rings. The summed E-state index contributed by atoms with van der Waals surface area (Å²) < 4.78 is 0. The number of nitrogens with zero attached hydrogens (tertiary/aromatic N) is 1. The van der Waals surface area contributed by atoms with Crippen LogP contribution < -0.4 is 5.56 Å². The molecule has 26 heavy (non-hydrogen) atoms. The Bertz CT molecular complexity index is 1090. The minimum absolute atomic E-state index is 0.0782. The van der Waals surface area contributed by atoms with Gasteiger partial charge < -0.3 is 10.1 Å². The van der Waals surface area contributed by atoms with Crippen molar-refractivity contribution in [3.8, 4) is 0 Å². The largest absolute Gasteiger partial charge is 0.478 e. The van der Waals surface area contributed by atoms with Crippen molar-refractivity contribution in [3.05, 3.63) is 62.0 Å². The number of aromatic carboxylic acids is 1. The molecule has 0 amide bonds. The summed E-state index contributed by atoms with van der Waals surface area (Å²) in [6.45, 7) is 0. The molecule has 0 bridgehead atoms. The van der Waals surface area contributed by atoms with Gasteiger partial charge in [0.15, 0.2) is 0 Å². The topological polar surface area (TPSA) is 83.0 Å². The first kappa shape index (κ1) is 17.1. The quantitative estimate of drug-likeness (QED) is 0.709. The normalized spacial score (nSPS) is 14.0. The third-order valence-corrected chi connectivity index (χ3v) is 6.42. The summed E-state index contributed by atoms with van der Waals surface area (Å²) in [6, 6.07) is 6.62. The maximum atomic E-state index is 12.6. The average molecular weight is 384 g/mol. The van der Waals surface area contributed by atoms with Crippen LogP contribution in [0.4, 0.5) is 0 Å². The molecule has 0 saturated heterocycles. The van der Waals surface area contributed by atoms with Gasteiger partial charge in [-0.1, -0.05) is 12.1 Å². The first-order chi connectivity index (χ1) is 12.6. The lowest BCUT2D eigenvalue weighted by atomic mass is 10.1. The van der Waals surface area contributed by atoms with Crippen LogP contribution in [0.2, 0.25) is 0 Å². The molecule has 2 heterocycles. The van der Waals surface area contributed by atoms with Crippen LogP contribution in [0.1, 0.15) is 38.6 Å². The molecule has 4 rings (SSSR count). The first-order valence-corrected chi connectivity index (χ1v) is 10.2. The van der Waals surface area contributed by atoms with Crippen molar-refractivity contribution in [3.63, 3.8) is 0 Å². The highest BCUT2D eigenvalue weighted by Gasteiger charge is 2.21. The van der Waals surface area contributed by atoms with Gasteiger partial charge in [0, 0.05) is 4.88 Å². The number of benzene rings is 1. The second kappa shape index (κ2) is 6.74. The van der Waals surface area contributed by atoms with E-state index in [1.165, 1.54) is 22.2 Å². The average Bonchev–Trinajstić information content (AvgIpc) is 3.20. The molecule has 0 spiro atoms. The predicted octanol–water partition coefficient (Wildman–Crippen LogP) is 4.03. The van der Waals surface area contributed by atoms with Crippen LogP contribution in [-0.4, -0.2) is 27.3 Å². The number of aryl methyl sites for hydroxylation is 2. The Morgan fingerprint density at radius 3 is 2.77 bits per heavy atom. The molecule has 5 nitrogen and oxygen atoms in total. The maximum Gasteiger partial charge on any atom is 0.335 e. The van der Waals surface area contributed by atoms with Gasteiger partial charge in [-0.25, -0.2) is 9.78 Å². The molecule has 0 radical (unpaired) electrons. The Kier molecular flexibility index (Phi) is 4.42. The van der Waals surface area contributed by atoms with Crippen LogP contribution >= 0.6 is 23.1 Å². The van der Waals surface area contributed by atoms with E-state index < -0.39 is 5.97 Å². The highest BCUT2D eigenvalue weighted by Crippen LogP contribution is 2.35. The van der Waals surface area contributed by atoms with Gasteiger partial charge in [0.1, 0.15) is 10.7 Å². The molecule has 7 heteroatoms. The standard InChI is InChI=1S/C19H16N2O3S2/c1-25-14(9-10-5-7-11(8-6-10)19(23)24)16-20-17(22)15-12-3-2-4-13(12)26-18(15)21-16/h5-9H,2-4H2,1H3,(H,23,24)(H,20,21,22)/b14-9-. The van der Waals surface area contributed by atoms with E-state index in [2.05, 4.69) is 4.98 Å². The summed E-state index contributed by atoms with van der Waals surface area (Å²) in [5.74, 6) is -0.398. The monoisotopic (exact) mass is 384 g/mol. The molecular formula is C19H16N2O3S2. The number of carboxylic acid groups (broad SMARTS) is 1. The van der Waals surface area contributed by atoms with Crippen LogP contribution in [0.5, 0.6) is 0 Å². The Labute approximate surface area is 157 Å². The van der Waals surface area contributed by atoms with Gasteiger partial charge in [-0.2, -0.15) is 0 Å². The SMILES string of the molecule is CS/C(=C\c1ccc(C(=O)O)cc1)c1nc2sc3c(c2c(=O)[nH]1)CCC3. The number of thiophene rings is 1. The van der Waals surface area contributed by atoms with Gasteiger partial charge in [-0.3, -0.25) is 4.79 Å². The second-order valence-electron chi connectivity index (χ2n) is 6.09. The van der Waals surface area contributed by atoms with Gasteiger partial charge in [0.2, 0.25) is 0 Å². The molecule has 2 aromatic heterocycles. The Morgan fingerprint density at radius 1 is 1.31 bits per heavy atom. The van der Waals surface area contributed by atoms with Crippen molar-refractivity contribution in [1.29, 1.82) is 0 Å². The van der Waals surface area contributed by atoms with E-state index in [-0.39, 0.29) is 11.1 Å². The van der Waals surface area contributed by atoms with Crippen molar-refractivity contribution in [1.82, 2.24) is 9.97 Å². The molecule has 0 unspecified atom stereocenters. The molecule has 0 atom stereocenters. The fraction of sp³-hybridized carbons (Fsp3) is 0.211. The summed E-state index contributed by atoms with van der Waals surface area (Å²) in [5, 5.41) is 9.74. The Hall–Kier alpha value is -2.38. The number of H-pyrrole nitrogens is 1. The minimum Gasteiger partial charge on any atom is -0.478 e. The van der Waals surface area contributed by atoms with E-state index >= 15 is 0 Å². The maximum absolute atomic E-state index is 12.6. The molecule has 132 valence electrons. The molecule has 1 aliphatic rings. The zero-order valence-corrected chi connectivity index (χ0v) is 15.7. The third kappa shape index (κ3) is 2.97. The Balaban J connectivity index is 1.76. The second-order valence-corrected chi connectivity index (χ2v) is 8.02. The van der Waals surface area contributed by atoms with Crippen molar-refractivity contribution < 1.29 is 9.90 Å². The van der Waals surface area contributed by atoms with E-state index in [9.17, 15) is 9.59 Å². The highest BCUT2D eigenvalue weighted by atomic mass is 32.2. The van der Waals surface area contributed by atoms with Gasteiger partial charge in [-0.05, 0) is 54.9 Å². The number of carboxylic acids is 1. The lowest BCUT2D eigenvalue weighted by Crippen LogP contribution is -2.11. The number of hydrogen-bond donors (Lipinski definition) is 2. The van der Waals surface area contributed by atoms with Gasteiger partial charge in [-0.15, -0.1) is 23.1 Å². The molecule has 1 aliphatic carbocycles. The van der Waals surface area contributed by atoms with E-state index in [1.807, 2.05) is 12.3 Å². The number of fused-ring (bicyclic) bond motifs is 3. The van der Waals surface area contributed by atoms with Crippen molar-refractivity contribution >= 4 is 50.3 Å². The summed E-state index contributed by atoms with van der Waals surface area (Å²) in [5.41, 5.74) is 2.19. The van der Waals surface area contributed by atoms with Crippen LogP contribution in [0.3, 0.4) is 0 Å². The number of thioether (sulfide) groups is 1. The van der Waals surface area contributed by atoms with Crippen molar-refractivity contribution in [2.75, 3.05) is 6.26 Å². The smallest absolute Gasteiger partial charge is 0.335 e. The molecule has 0 saturated carbocycles. The van der Waals surface area contributed by atoms with Crippen molar-refractivity contribution in [2.24, 2.45) is 0 Å². The minimum atomic E-state index is -0.951. The fourth-order valence-electron chi connectivity index (χ4n) is 3.22. The third-order valence-electron chi connectivity index (χ3n) is 4.48. The van der Waals surface area contributed by atoms with Gasteiger partial charge in [0.25, 0.3) is 5.56 Å². The van der Waals surface area contributed by atoms with Gasteiger partial charge in [0.05, 0.1) is 15.9 Å².